The number of cyclic esters (lactones) is 1. The summed E-state index contributed by atoms with van der Waals surface area (Å²) in [5, 5.41) is 46.8. The van der Waals surface area contributed by atoms with Crippen molar-refractivity contribution < 1.29 is 53.3 Å². The van der Waals surface area contributed by atoms with Crippen LogP contribution in [0.15, 0.2) is 4.99 Å². The zero-order valence-corrected chi connectivity index (χ0v) is 32.4. The van der Waals surface area contributed by atoms with Crippen LogP contribution >= 0.6 is 0 Å². The number of hydrogen-bond acceptors (Lipinski definition) is 11. The number of ether oxygens (including phenoxy) is 5. The lowest BCUT2D eigenvalue weighted by molar-refractivity contribution is -0.299. The van der Waals surface area contributed by atoms with Gasteiger partial charge in [0.2, 0.25) is 0 Å². The van der Waals surface area contributed by atoms with Crippen molar-refractivity contribution in [3.05, 3.63) is 0 Å². The van der Waals surface area contributed by atoms with E-state index in [4.69, 9.17) is 23.7 Å². The summed E-state index contributed by atoms with van der Waals surface area (Å²) in [7, 11) is 1.52. The SMILES string of the molecule is CC[C@H]1OC(=O)[C@H](C)[C@@H](O[C@H]2C[C@@](C)(OC)[C@@H](O)[C@H](C)O2)[C@H](C)[C@@H](C(C)(C)C)[C@](C)(O)C[C@@H](C)/C(=N\COCCCF)[C@H](C)[C@@H](O)[C@]1(C)O. The van der Waals surface area contributed by atoms with Crippen LogP contribution in [0.4, 0.5) is 4.39 Å². The molecule has 2 aliphatic heterocycles. The maximum absolute atomic E-state index is 14.1. The average Bonchev–Trinajstić information content (AvgIpc) is 2.99. The van der Waals surface area contributed by atoms with Crippen LogP contribution < -0.4 is 0 Å². The molecule has 2 rings (SSSR count). The number of methoxy groups -OCH3 is 1. The van der Waals surface area contributed by atoms with E-state index >= 15 is 0 Å². The Morgan fingerprint density at radius 2 is 1.61 bits per heavy atom. The van der Waals surface area contributed by atoms with E-state index in [0.29, 0.717) is 5.71 Å². The Morgan fingerprint density at radius 3 is 2.14 bits per heavy atom. The van der Waals surface area contributed by atoms with Gasteiger partial charge in [-0.1, -0.05) is 48.5 Å². The van der Waals surface area contributed by atoms with Gasteiger partial charge in [-0.25, -0.2) is 0 Å². The van der Waals surface area contributed by atoms with Gasteiger partial charge >= 0.3 is 5.97 Å². The molecule has 0 aromatic carbocycles. The highest BCUT2D eigenvalue weighted by atomic mass is 19.1. The smallest absolute Gasteiger partial charge is 0.311 e. The maximum Gasteiger partial charge on any atom is 0.311 e. The number of nitrogens with zero attached hydrogens (tertiary/aromatic N) is 1. The summed E-state index contributed by atoms with van der Waals surface area (Å²) in [5.41, 5.74) is -4.16. The van der Waals surface area contributed by atoms with Crippen molar-refractivity contribution in [2.45, 2.75) is 162 Å². The molecule has 0 unspecified atom stereocenters. The lowest BCUT2D eigenvalue weighted by atomic mass is 9.60. The Balaban J connectivity index is 2.74. The zero-order chi connectivity index (χ0) is 37.7. The highest BCUT2D eigenvalue weighted by molar-refractivity contribution is 5.89. The minimum absolute atomic E-state index is 0.0748. The van der Waals surface area contributed by atoms with E-state index in [1.165, 1.54) is 14.0 Å². The number of halogens is 1. The van der Waals surface area contributed by atoms with Gasteiger partial charge in [-0.3, -0.25) is 14.2 Å². The number of rotatable bonds is 9. The molecule has 288 valence electrons. The maximum atomic E-state index is 14.1. The molecule has 2 aliphatic rings. The van der Waals surface area contributed by atoms with Crippen LogP contribution in [-0.2, 0) is 28.5 Å². The summed E-state index contributed by atoms with van der Waals surface area (Å²) < 4.78 is 42.8. The molecule has 2 saturated heterocycles. The van der Waals surface area contributed by atoms with E-state index in [0.717, 1.165) is 0 Å². The summed E-state index contributed by atoms with van der Waals surface area (Å²) in [4.78, 5) is 18.7. The van der Waals surface area contributed by atoms with Crippen molar-refractivity contribution in [1.82, 2.24) is 0 Å². The monoisotopic (exact) mass is 705 g/mol. The Labute approximate surface area is 294 Å². The topological polar surface area (TPSA) is 156 Å². The first-order chi connectivity index (χ1) is 22.5. The number of carbonyl (C=O) groups is 1. The van der Waals surface area contributed by atoms with Crippen molar-refractivity contribution in [2.75, 3.05) is 27.1 Å². The molecule has 12 heteroatoms. The van der Waals surface area contributed by atoms with Crippen molar-refractivity contribution in [3.63, 3.8) is 0 Å². The fourth-order valence-electron chi connectivity index (χ4n) is 8.74. The first-order valence-corrected chi connectivity index (χ1v) is 18.0. The largest absolute Gasteiger partial charge is 0.459 e. The molecule has 0 aromatic heterocycles. The molecule has 11 nitrogen and oxygen atoms in total. The molecule has 0 amide bonds. The second-order valence-corrected chi connectivity index (χ2v) is 16.4. The van der Waals surface area contributed by atoms with Crippen molar-refractivity contribution in [1.29, 1.82) is 0 Å². The molecule has 4 N–H and O–H groups in total. The Kier molecular flexibility index (Phi) is 15.7. The van der Waals surface area contributed by atoms with Crippen LogP contribution in [0, 0.1) is 35.0 Å². The number of carbonyl (C=O) groups excluding carboxylic acids is 1. The van der Waals surface area contributed by atoms with Gasteiger partial charge < -0.3 is 44.1 Å². The fourth-order valence-corrected chi connectivity index (χ4v) is 8.74. The predicted molar refractivity (Wildman–Crippen MR) is 186 cm³/mol. The van der Waals surface area contributed by atoms with Crippen LogP contribution in [0.25, 0.3) is 0 Å². The lowest BCUT2D eigenvalue weighted by Gasteiger charge is -2.51. The fraction of sp³-hybridized carbons (Fsp3) is 0.946. The Morgan fingerprint density at radius 1 is 1.00 bits per heavy atom. The van der Waals surface area contributed by atoms with E-state index in [2.05, 4.69) is 4.99 Å². The number of aliphatic hydroxyl groups is 4. The normalized spacial score (nSPS) is 44.4. The molecule has 0 spiro atoms. The quantitative estimate of drug-likeness (QED) is 0.193. The van der Waals surface area contributed by atoms with Crippen LogP contribution in [0.1, 0.15) is 109 Å². The van der Waals surface area contributed by atoms with Crippen molar-refractivity contribution in [3.8, 4) is 0 Å². The predicted octanol–water partition coefficient (Wildman–Crippen LogP) is 4.84. The number of aliphatic imine (C=N–C) groups is 1. The van der Waals surface area contributed by atoms with E-state index < -0.39 is 95.3 Å². The molecule has 49 heavy (non-hydrogen) atoms. The van der Waals surface area contributed by atoms with Crippen molar-refractivity contribution in [2.24, 2.45) is 40.0 Å². The van der Waals surface area contributed by atoms with Crippen LogP contribution in [-0.4, -0.2) is 113 Å². The summed E-state index contributed by atoms with van der Waals surface area (Å²) in [6.07, 6.45) is -4.81. The van der Waals surface area contributed by atoms with Gasteiger partial charge in [0.25, 0.3) is 0 Å². The Bertz CT molecular complexity index is 1080. The highest BCUT2D eigenvalue weighted by Crippen LogP contribution is 2.47. The summed E-state index contributed by atoms with van der Waals surface area (Å²) in [6, 6.07) is 0. The van der Waals surface area contributed by atoms with Crippen LogP contribution in [0.2, 0.25) is 0 Å². The van der Waals surface area contributed by atoms with Gasteiger partial charge in [0.05, 0.1) is 48.7 Å². The standard InChI is InChI=1S/C37H68FNO10/c1-14-26-37(12,44)31(40)22(3)28(39-20-46-17-15-16-38)21(2)18-35(10,43)30(34(7,8)9)23(4)29(24(5)33(42)48-26)49-27-19-36(11,45-13)32(41)25(6)47-27/h21-27,29-32,40-41,43-44H,14-20H2,1-13H3/b39-28+/t21-,22+,23+,24-,25+,26-,27+,29+,30+,31-,32+,35-,36-,37-/m1/s1. The van der Waals surface area contributed by atoms with Gasteiger partial charge in [-0.15, -0.1) is 0 Å². The highest BCUT2D eigenvalue weighted by Gasteiger charge is 2.53. The number of aliphatic hydroxyl groups excluding tert-OH is 2. The average molecular weight is 706 g/mol. The molecule has 14 atom stereocenters. The molecular weight excluding hydrogens is 637 g/mol. The third-order valence-electron chi connectivity index (χ3n) is 11.1. The molecule has 0 aliphatic carbocycles. The van der Waals surface area contributed by atoms with E-state index in [1.807, 2.05) is 34.6 Å². The molecular formula is C37H68FNO10. The lowest BCUT2D eigenvalue weighted by Crippen LogP contribution is -2.59. The van der Waals surface area contributed by atoms with Gasteiger partial charge in [-0.05, 0) is 77.0 Å². The van der Waals surface area contributed by atoms with Crippen LogP contribution in [0.3, 0.4) is 0 Å². The molecule has 0 radical (unpaired) electrons. The first-order valence-electron chi connectivity index (χ1n) is 18.0. The van der Waals surface area contributed by atoms with Gasteiger partial charge in [-0.2, -0.15) is 0 Å². The molecule has 2 heterocycles. The van der Waals surface area contributed by atoms with Crippen LogP contribution in [0.5, 0.6) is 0 Å². The number of alkyl halides is 1. The second-order valence-electron chi connectivity index (χ2n) is 16.4. The third kappa shape index (κ3) is 10.4. The molecule has 0 aromatic rings. The molecule has 2 fully saturated rings. The number of hydrogen-bond donors (Lipinski definition) is 4. The minimum atomic E-state index is -1.87. The molecule has 0 saturated carbocycles. The van der Waals surface area contributed by atoms with Crippen molar-refractivity contribution >= 4 is 11.7 Å². The third-order valence-corrected chi connectivity index (χ3v) is 11.1. The van der Waals surface area contributed by atoms with E-state index in [1.54, 1.807) is 41.5 Å². The Hall–Kier alpha value is -1.25. The molecule has 0 bridgehead atoms. The summed E-state index contributed by atoms with van der Waals surface area (Å²) in [5.74, 6) is -3.50. The van der Waals surface area contributed by atoms with E-state index in [-0.39, 0.29) is 44.9 Å². The van der Waals surface area contributed by atoms with Gasteiger partial charge in [0, 0.05) is 25.2 Å². The van der Waals surface area contributed by atoms with Gasteiger partial charge in [0.15, 0.2) is 6.29 Å². The van der Waals surface area contributed by atoms with E-state index in [9.17, 15) is 29.6 Å². The first kappa shape index (κ1) is 43.9. The second kappa shape index (κ2) is 17.5. The summed E-state index contributed by atoms with van der Waals surface area (Å²) in [6.45, 7) is 21.6. The minimum Gasteiger partial charge on any atom is -0.459 e. The number of esters is 1. The summed E-state index contributed by atoms with van der Waals surface area (Å²) >= 11 is 0. The zero-order valence-electron chi connectivity index (χ0n) is 32.4. The van der Waals surface area contributed by atoms with Gasteiger partial charge in [0.1, 0.15) is 24.5 Å².